The molecule has 0 saturated carbocycles. The molecular weight excluding hydrogens is 321 g/mol. The first-order valence-electron chi connectivity index (χ1n) is 8.80. The summed E-state index contributed by atoms with van der Waals surface area (Å²) in [4.78, 5) is 14.4. The third-order valence-electron chi connectivity index (χ3n) is 4.74. The van der Waals surface area contributed by atoms with Crippen LogP contribution in [0.5, 0.6) is 5.75 Å². The van der Waals surface area contributed by atoms with Gasteiger partial charge in [-0.05, 0) is 64.7 Å². The summed E-state index contributed by atoms with van der Waals surface area (Å²) in [5.74, 6) is 0.440. The van der Waals surface area contributed by atoms with Gasteiger partial charge in [-0.3, -0.25) is 4.90 Å². The molecule has 2 heterocycles. The van der Waals surface area contributed by atoms with E-state index in [4.69, 9.17) is 9.47 Å². The molecule has 0 N–H and O–H groups in total. The van der Waals surface area contributed by atoms with Crippen LogP contribution in [0, 0.1) is 5.82 Å². The minimum absolute atomic E-state index is 0.0724. The average Bonchev–Trinajstić information content (AvgIpc) is 2.78. The van der Waals surface area contributed by atoms with Crippen LogP contribution in [0.25, 0.3) is 0 Å². The summed E-state index contributed by atoms with van der Waals surface area (Å²) in [5, 5.41) is 0. The molecule has 136 valence electrons. The molecule has 2 unspecified atom stereocenters. The Morgan fingerprint density at radius 3 is 2.72 bits per heavy atom. The summed E-state index contributed by atoms with van der Waals surface area (Å²) in [6.45, 7) is 5.65. The zero-order valence-electron chi connectivity index (χ0n) is 15.3. The van der Waals surface area contributed by atoms with Gasteiger partial charge in [-0.15, -0.1) is 0 Å². The number of rotatable bonds is 3. The summed E-state index contributed by atoms with van der Waals surface area (Å²) in [7, 11) is 1.60. The predicted molar refractivity (Wildman–Crippen MR) is 94.2 cm³/mol. The van der Waals surface area contributed by atoms with Crippen LogP contribution in [0.1, 0.15) is 45.6 Å². The zero-order valence-corrected chi connectivity index (χ0v) is 15.3. The molecule has 2 bridgehead atoms. The first-order chi connectivity index (χ1) is 11.8. The first kappa shape index (κ1) is 17.8. The SMILES string of the molecule is COc1ccc(F)cc1CC1=CC2CCC(C1)N2C(=O)OC(C)(C)C. The van der Waals surface area contributed by atoms with Crippen molar-refractivity contribution in [3.8, 4) is 5.75 Å². The quantitative estimate of drug-likeness (QED) is 0.757. The van der Waals surface area contributed by atoms with E-state index in [2.05, 4.69) is 6.08 Å². The Balaban J connectivity index is 1.76. The molecule has 2 aliphatic heterocycles. The number of carbonyl (C=O) groups excluding carboxylic acids is 1. The van der Waals surface area contributed by atoms with Crippen molar-refractivity contribution >= 4 is 6.09 Å². The summed E-state index contributed by atoms with van der Waals surface area (Å²) in [5.41, 5.74) is 1.59. The van der Waals surface area contributed by atoms with Crippen LogP contribution in [-0.2, 0) is 11.2 Å². The Labute approximate surface area is 148 Å². The number of nitrogens with zero attached hydrogens (tertiary/aromatic N) is 1. The number of carbonyl (C=O) groups is 1. The molecule has 0 aliphatic carbocycles. The molecule has 4 nitrogen and oxygen atoms in total. The number of hydrogen-bond acceptors (Lipinski definition) is 3. The fraction of sp³-hybridized carbons (Fsp3) is 0.550. The van der Waals surface area contributed by atoms with E-state index in [0.717, 1.165) is 24.8 Å². The molecule has 3 rings (SSSR count). The molecule has 2 atom stereocenters. The summed E-state index contributed by atoms with van der Waals surface area (Å²) >= 11 is 0. The number of benzene rings is 1. The highest BCUT2D eigenvalue weighted by Gasteiger charge is 2.41. The highest BCUT2D eigenvalue weighted by atomic mass is 19.1. The monoisotopic (exact) mass is 347 g/mol. The maximum Gasteiger partial charge on any atom is 0.411 e. The molecule has 1 fully saturated rings. The Morgan fingerprint density at radius 2 is 2.08 bits per heavy atom. The highest BCUT2D eigenvalue weighted by Crippen LogP contribution is 2.37. The molecule has 0 aromatic heterocycles. The van der Waals surface area contributed by atoms with E-state index in [9.17, 15) is 9.18 Å². The van der Waals surface area contributed by atoms with Crippen molar-refractivity contribution in [3.05, 3.63) is 41.2 Å². The van der Waals surface area contributed by atoms with Crippen LogP contribution in [-0.4, -0.2) is 35.8 Å². The molecule has 1 aromatic rings. The van der Waals surface area contributed by atoms with E-state index < -0.39 is 5.60 Å². The first-order valence-corrected chi connectivity index (χ1v) is 8.80. The number of methoxy groups -OCH3 is 1. The van der Waals surface area contributed by atoms with Crippen molar-refractivity contribution in [2.24, 2.45) is 0 Å². The van der Waals surface area contributed by atoms with Crippen LogP contribution in [0.2, 0.25) is 0 Å². The normalized spacial score (nSPS) is 22.6. The van der Waals surface area contributed by atoms with Crippen molar-refractivity contribution in [1.29, 1.82) is 0 Å². The second-order valence-corrected chi connectivity index (χ2v) is 7.85. The van der Waals surface area contributed by atoms with Gasteiger partial charge in [0.1, 0.15) is 17.2 Å². The van der Waals surface area contributed by atoms with Gasteiger partial charge < -0.3 is 9.47 Å². The molecule has 0 spiro atoms. The van der Waals surface area contributed by atoms with E-state index in [1.54, 1.807) is 13.2 Å². The van der Waals surface area contributed by atoms with Crippen molar-refractivity contribution in [3.63, 3.8) is 0 Å². The summed E-state index contributed by atoms with van der Waals surface area (Å²) in [6.07, 6.45) is 5.29. The highest BCUT2D eigenvalue weighted by molar-refractivity contribution is 5.70. The third kappa shape index (κ3) is 3.97. The fourth-order valence-electron chi connectivity index (χ4n) is 3.78. The van der Waals surface area contributed by atoms with Crippen LogP contribution in [0.15, 0.2) is 29.8 Å². The zero-order chi connectivity index (χ0) is 18.2. The lowest BCUT2D eigenvalue weighted by Gasteiger charge is -2.35. The van der Waals surface area contributed by atoms with Gasteiger partial charge in [0.2, 0.25) is 0 Å². The van der Waals surface area contributed by atoms with Crippen LogP contribution in [0.3, 0.4) is 0 Å². The van der Waals surface area contributed by atoms with E-state index >= 15 is 0 Å². The standard InChI is InChI=1S/C20H26FNO3/c1-20(2,3)25-19(23)22-16-6-7-17(22)11-13(10-16)9-14-12-15(21)5-8-18(14)24-4/h5,8,10,12,16-17H,6-7,9,11H2,1-4H3. The van der Waals surface area contributed by atoms with E-state index in [-0.39, 0.29) is 24.0 Å². The van der Waals surface area contributed by atoms with Crippen LogP contribution < -0.4 is 4.74 Å². The molecule has 25 heavy (non-hydrogen) atoms. The molecule has 5 heteroatoms. The third-order valence-corrected chi connectivity index (χ3v) is 4.74. The van der Waals surface area contributed by atoms with Crippen molar-refractivity contribution in [2.45, 2.75) is 64.1 Å². The minimum Gasteiger partial charge on any atom is -0.496 e. The maximum atomic E-state index is 13.6. The Bertz CT molecular complexity index is 693. The van der Waals surface area contributed by atoms with Crippen LogP contribution >= 0.6 is 0 Å². The minimum atomic E-state index is -0.491. The lowest BCUT2D eigenvalue weighted by molar-refractivity contribution is 0.0166. The molecule has 1 amide bonds. The van der Waals surface area contributed by atoms with Gasteiger partial charge >= 0.3 is 6.09 Å². The number of ether oxygens (including phenoxy) is 2. The van der Waals surface area contributed by atoms with Gasteiger partial charge in [-0.2, -0.15) is 0 Å². The van der Waals surface area contributed by atoms with Gasteiger partial charge in [-0.1, -0.05) is 11.6 Å². The lowest BCUT2D eigenvalue weighted by Crippen LogP contribution is -2.45. The molecular formula is C20H26FNO3. The lowest BCUT2D eigenvalue weighted by atomic mass is 9.95. The van der Waals surface area contributed by atoms with E-state index in [1.165, 1.54) is 17.7 Å². The van der Waals surface area contributed by atoms with Gasteiger partial charge in [-0.25, -0.2) is 9.18 Å². The average molecular weight is 347 g/mol. The number of amides is 1. The molecule has 1 saturated heterocycles. The van der Waals surface area contributed by atoms with Gasteiger partial charge in [0.25, 0.3) is 0 Å². The molecule has 1 aromatic carbocycles. The topological polar surface area (TPSA) is 38.8 Å². The second-order valence-electron chi connectivity index (χ2n) is 7.85. The maximum absolute atomic E-state index is 13.6. The van der Waals surface area contributed by atoms with E-state index in [1.807, 2.05) is 25.7 Å². The Morgan fingerprint density at radius 1 is 1.32 bits per heavy atom. The van der Waals surface area contributed by atoms with Crippen molar-refractivity contribution in [2.75, 3.05) is 7.11 Å². The second kappa shape index (κ2) is 6.70. The van der Waals surface area contributed by atoms with Gasteiger partial charge in [0.15, 0.2) is 0 Å². The van der Waals surface area contributed by atoms with Crippen molar-refractivity contribution in [1.82, 2.24) is 4.90 Å². The Kier molecular flexibility index (Phi) is 4.76. The van der Waals surface area contributed by atoms with Crippen molar-refractivity contribution < 1.29 is 18.7 Å². The largest absolute Gasteiger partial charge is 0.496 e. The van der Waals surface area contributed by atoms with E-state index in [0.29, 0.717) is 12.2 Å². The number of fused-ring (bicyclic) bond motifs is 2. The predicted octanol–water partition coefficient (Wildman–Crippen LogP) is 4.48. The number of halogens is 1. The molecule has 2 aliphatic rings. The van der Waals surface area contributed by atoms with Gasteiger partial charge in [0.05, 0.1) is 13.2 Å². The molecule has 0 radical (unpaired) electrons. The number of hydrogen-bond donors (Lipinski definition) is 0. The summed E-state index contributed by atoms with van der Waals surface area (Å²) < 4.78 is 24.5. The van der Waals surface area contributed by atoms with Crippen LogP contribution in [0.4, 0.5) is 9.18 Å². The Hall–Kier alpha value is -2.04. The van der Waals surface area contributed by atoms with Gasteiger partial charge in [0, 0.05) is 11.6 Å². The summed E-state index contributed by atoms with van der Waals surface area (Å²) in [6, 6.07) is 4.84. The fourth-order valence-corrected chi connectivity index (χ4v) is 3.78. The smallest absolute Gasteiger partial charge is 0.411 e.